The van der Waals surface area contributed by atoms with Crippen molar-refractivity contribution >= 4 is 5.91 Å². The molecule has 1 N–H and O–H groups in total. The van der Waals surface area contributed by atoms with Crippen molar-refractivity contribution in [2.75, 3.05) is 6.67 Å². The first-order chi connectivity index (χ1) is 8.13. The van der Waals surface area contributed by atoms with Gasteiger partial charge in [-0.3, -0.25) is 4.79 Å². The first-order valence-corrected chi connectivity index (χ1v) is 5.81. The van der Waals surface area contributed by atoms with E-state index >= 15 is 0 Å². The first-order valence-electron chi connectivity index (χ1n) is 5.81. The fourth-order valence-electron chi connectivity index (χ4n) is 1.92. The van der Waals surface area contributed by atoms with Crippen LogP contribution in [0.4, 0.5) is 4.39 Å². The van der Waals surface area contributed by atoms with E-state index in [4.69, 9.17) is 0 Å². The maximum Gasteiger partial charge on any atom is 0.252 e. The zero-order valence-electron chi connectivity index (χ0n) is 10.0. The number of halogens is 1. The van der Waals surface area contributed by atoms with Crippen LogP contribution in [0.5, 0.6) is 0 Å². The summed E-state index contributed by atoms with van der Waals surface area (Å²) in [6.45, 7) is 3.26. The Kier molecular flexibility index (Phi) is 3.27. The van der Waals surface area contributed by atoms with Gasteiger partial charge < -0.3 is 5.32 Å². The predicted octanol–water partition coefficient (Wildman–Crippen LogP) is 2.46. The van der Waals surface area contributed by atoms with E-state index in [0.29, 0.717) is 5.57 Å². The van der Waals surface area contributed by atoms with Crippen LogP contribution in [0.1, 0.15) is 13.8 Å². The van der Waals surface area contributed by atoms with E-state index in [1.54, 1.807) is 6.08 Å². The second-order valence-corrected chi connectivity index (χ2v) is 4.62. The monoisotopic (exact) mass is 233 g/mol. The Labute approximate surface area is 101 Å². The minimum atomic E-state index is -0.533. The number of alkyl halides is 1. The van der Waals surface area contributed by atoms with Crippen LogP contribution in [0.3, 0.4) is 0 Å². The van der Waals surface area contributed by atoms with E-state index in [0.717, 1.165) is 11.1 Å². The van der Waals surface area contributed by atoms with Gasteiger partial charge in [-0.15, -0.1) is 0 Å². The third-order valence-corrected chi connectivity index (χ3v) is 3.10. The molecule has 3 heteroatoms. The molecule has 0 unspecified atom stereocenters. The Morgan fingerprint density at radius 3 is 2.76 bits per heavy atom. The molecule has 90 valence electrons. The molecule has 2 aliphatic rings. The molecule has 2 aliphatic carbocycles. The van der Waals surface area contributed by atoms with Crippen LogP contribution >= 0.6 is 0 Å². The molecule has 0 aromatic rings. The van der Waals surface area contributed by atoms with Gasteiger partial charge in [-0.25, -0.2) is 4.39 Å². The lowest BCUT2D eigenvalue weighted by atomic mass is 10.0. The largest absolute Gasteiger partial charge is 0.346 e. The summed E-state index contributed by atoms with van der Waals surface area (Å²) in [4.78, 5) is 12.0. The minimum absolute atomic E-state index is 0.0917. The number of allylic oxidation sites excluding steroid dienone is 6. The third-order valence-electron chi connectivity index (χ3n) is 3.10. The quantitative estimate of drug-likeness (QED) is 0.794. The van der Waals surface area contributed by atoms with Crippen LogP contribution in [0.25, 0.3) is 0 Å². The molecule has 0 spiro atoms. The van der Waals surface area contributed by atoms with Gasteiger partial charge in [-0.05, 0) is 23.1 Å². The number of carbonyl (C=O) groups excluding carboxylic acids is 1. The van der Waals surface area contributed by atoms with Crippen LogP contribution in [-0.4, -0.2) is 18.6 Å². The van der Waals surface area contributed by atoms with E-state index in [2.05, 4.69) is 5.32 Å². The molecular weight excluding hydrogens is 217 g/mol. The number of hydrogen-bond acceptors (Lipinski definition) is 1. The molecule has 0 aromatic heterocycles. The van der Waals surface area contributed by atoms with Crippen molar-refractivity contribution in [3.63, 3.8) is 0 Å². The predicted molar refractivity (Wildman–Crippen MR) is 66.1 cm³/mol. The Hall–Kier alpha value is -1.64. The van der Waals surface area contributed by atoms with Gasteiger partial charge in [-0.1, -0.05) is 38.2 Å². The summed E-state index contributed by atoms with van der Waals surface area (Å²) >= 11 is 0. The van der Waals surface area contributed by atoms with E-state index < -0.39 is 12.7 Å². The zero-order chi connectivity index (χ0) is 12.4. The standard InChI is InChI=1S/C14H16FNO/c1-9(2)13(8-15)16-14(17)12-7-6-10-4-3-5-11(10)12/h3-7,9,13H,8H2,1-2H3,(H,16,17)/t13-/m1/s1. The molecule has 17 heavy (non-hydrogen) atoms. The van der Waals surface area contributed by atoms with Crippen molar-refractivity contribution in [1.82, 2.24) is 5.32 Å². The summed E-state index contributed by atoms with van der Waals surface area (Å²) in [7, 11) is 0. The molecule has 1 amide bonds. The van der Waals surface area contributed by atoms with E-state index in [1.165, 1.54) is 0 Å². The number of carbonyl (C=O) groups is 1. The van der Waals surface area contributed by atoms with Crippen molar-refractivity contribution in [3.8, 4) is 0 Å². The highest BCUT2D eigenvalue weighted by Crippen LogP contribution is 2.29. The average molecular weight is 233 g/mol. The summed E-state index contributed by atoms with van der Waals surface area (Å²) in [6.07, 6.45) is 9.47. The maximum atomic E-state index is 12.7. The average Bonchev–Trinajstić information content (AvgIpc) is 2.86. The summed E-state index contributed by atoms with van der Waals surface area (Å²) in [5, 5.41) is 2.74. The summed E-state index contributed by atoms with van der Waals surface area (Å²) in [6, 6.07) is -0.414. The summed E-state index contributed by atoms with van der Waals surface area (Å²) < 4.78 is 12.7. The van der Waals surface area contributed by atoms with Gasteiger partial charge in [0.1, 0.15) is 6.67 Å². The highest BCUT2D eigenvalue weighted by molar-refractivity contribution is 6.00. The van der Waals surface area contributed by atoms with Crippen LogP contribution in [0, 0.1) is 5.92 Å². The number of amides is 1. The molecule has 0 saturated heterocycles. The smallest absolute Gasteiger partial charge is 0.252 e. The van der Waals surface area contributed by atoms with Crippen molar-refractivity contribution in [2.45, 2.75) is 19.9 Å². The van der Waals surface area contributed by atoms with E-state index in [1.807, 2.05) is 38.2 Å². The third kappa shape index (κ3) is 2.23. The van der Waals surface area contributed by atoms with E-state index in [-0.39, 0.29) is 11.8 Å². The van der Waals surface area contributed by atoms with Gasteiger partial charge in [0.05, 0.1) is 6.04 Å². The van der Waals surface area contributed by atoms with Gasteiger partial charge in [0.2, 0.25) is 0 Å². The molecule has 0 saturated carbocycles. The summed E-state index contributed by atoms with van der Waals surface area (Å²) in [5.41, 5.74) is 2.62. The van der Waals surface area contributed by atoms with Crippen molar-refractivity contribution in [3.05, 3.63) is 47.1 Å². The topological polar surface area (TPSA) is 29.1 Å². The highest BCUT2D eigenvalue weighted by atomic mass is 19.1. The SMILES string of the molecule is CC(C)[C@@H](CF)NC(=O)C1=C2C=CC=C2C=C1. The van der Waals surface area contributed by atoms with Crippen molar-refractivity contribution < 1.29 is 9.18 Å². The normalized spacial score (nSPS) is 18.7. The molecule has 0 aromatic carbocycles. The molecule has 1 atom stereocenters. The lowest BCUT2D eigenvalue weighted by Gasteiger charge is -2.19. The van der Waals surface area contributed by atoms with Crippen LogP contribution < -0.4 is 5.32 Å². The second-order valence-electron chi connectivity index (χ2n) is 4.62. The second kappa shape index (κ2) is 4.70. The molecule has 0 aliphatic heterocycles. The molecule has 0 fully saturated rings. The number of nitrogens with one attached hydrogen (secondary N) is 1. The Bertz CT molecular complexity index is 455. The summed E-state index contributed by atoms with van der Waals surface area (Å²) in [5.74, 6) is -0.100. The maximum absolute atomic E-state index is 12.7. The number of rotatable bonds is 4. The van der Waals surface area contributed by atoms with Gasteiger partial charge in [0.15, 0.2) is 0 Å². The highest BCUT2D eigenvalue weighted by Gasteiger charge is 2.23. The fourth-order valence-corrected chi connectivity index (χ4v) is 1.92. The Balaban J connectivity index is 2.12. The molecule has 0 heterocycles. The molecule has 2 rings (SSSR count). The molecule has 0 radical (unpaired) electrons. The van der Waals surface area contributed by atoms with Gasteiger partial charge in [0, 0.05) is 5.57 Å². The van der Waals surface area contributed by atoms with Crippen molar-refractivity contribution in [2.24, 2.45) is 5.92 Å². The van der Waals surface area contributed by atoms with Crippen LogP contribution in [0.2, 0.25) is 0 Å². The van der Waals surface area contributed by atoms with E-state index in [9.17, 15) is 9.18 Å². The van der Waals surface area contributed by atoms with Gasteiger partial charge >= 0.3 is 0 Å². The fraction of sp³-hybridized carbons (Fsp3) is 0.357. The van der Waals surface area contributed by atoms with Crippen LogP contribution in [0.15, 0.2) is 47.1 Å². The zero-order valence-corrected chi connectivity index (χ0v) is 10.0. The molecule has 0 bridgehead atoms. The minimum Gasteiger partial charge on any atom is -0.346 e. The van der Waals surface area contributed by atoms with Crippen molar-refractivity contribution in [1.29, 1.82) is 0 Å². The lowest BCUT2D eigenvalue weighted by molar-refractivity contribution is -0.118. The van der Waals surface area contributed by atoms with Gasteiger partial charge in [0.25, 0.3) is 5.91 Å². The number of fused-ring (bicyclic) bond motifs is 1. The Morgan fingerprint density at radius 2 is 2.12 bits per heavy atom. The van der Waals surface area contributed by atoms with Gasteiger partial charge in [-0.2, -0.15) is 0 Å². The lowest BCUT2D eigenvalue weighted by Crippen LogP contribution is -2.40. The molecular formula is C14H16FNO. The molecule has 2 nitrogen and oxygen atoms in total. The first kappa shape index (κ1) is 11.8. The number of hydrogen-bond donors (Lipinski definition) is 1. The van der Waals surface area contributed by atoms with Crippen LogP contribution in [-0.2, 0) is 4.79 Å². The Morgan fingerprint density at radius 1 is 1.35 bits per heavy atom.